The Bertz CT molecular complexity index is 1250. The molecule has 0 bridgehead atoms. The van der Waals surface area contributed by atoms with Crippen molar-refractivity contribution in [2.75, 3.05) is 24.3 Å². The van der Waals surface area contributed by atoms with Crippen molar-refractivity contribution in [1.29, 1.82) is 0 Å². The zero-order valence-corrected chi connectivity index (χ0v) is 21.7. The van der Waals surface area contributed by atoms with E-state index in [0.29, 0.717) is 28.3 Å². The summed E-state index contributed by atoms with van der Waals surface area (Å²) in [7, 11) is -1.53. The van der Waals surface area contributed by atoms with Gasteiger partial charge in [0.05, 0.1) is 23.4 Å². The molecule has 3 N–H and O–H groups in total. The lowest BCUT2D eigenvalue weighted by Crippen LogP contribution is -2.15. The molecular formula is C25H29ClN2O6S. The topological polar surface area (TPSA) is 122 Å². The van der Waals surface area contributed by atoms with Crippen LogP contribution >= 0.6 is 11.6 Å². The third-order valence-corrected chi connectivity index (χ3v) is 6.03. The van der Waals surface area contributed by atoms with Gasteiger partial charge in [0, 0.05) is 23.3 Å². The van der Waals surface area contributed by atoms with Crippen LogP contribution in [0.25, 0.3) is 0 Å². The van der Waals surface area contributed by atoms with Crippen LogP contribution in [0.15, 0.2) is 65.6 Å². The Morgan fingerprint density at radius 1 is 0.971 bits per heavy atom. The zero-order valence-electron chi connectivity index (χ0n) is 20.1. The number of rotatable bonds is 7. The van der Waals surface area contributed by atoms with E-state index in [1.807, 2.05) is 20.8 Å². The minimum Gasteiger partial charge on any atom is -0.495 e. The number of aliphatic hydroxyl groups is 1. The standard InChI is InChI=1S/C22H19ClN2O5S.C2H6.CH4O/c1-14-3-9-19(16(11-14)13-26)24-22(27)15-4-7-18(8-5-15)31(28,29)25-20-12-17(23)6-10-21(20)30-2;2*1-2/h3-13,25H,1-2H3,(H,24,27);1-2H3;2H,1H3. The summed E-state index contributed by atoms with van der Waals surface area (Å²) >= 11 is 5.94. The van der Waals surface area contributed by atoms with Gasteiger partial charge in [-0.2, -0.15) is 0 Å². The number of anilines is 2. The molecule has 0 saturated carbocycles. The summed E-state index contributed by atoms with van der Waals surface area (Å²) in [4.78, 5) is 23.7. The van der Waals surface area contributed by atoms with E-state index in [-0.39, 0.29) is 16.1 Å². The first kappa shape index (κ1) is 29.6. The van der Waals surface area contributed by atoms with Crippen molar-refractivity contribution >= 4 is 45.2 Å². The molecule has 3 aromatic rings. The largest absolute Gasteiger partial charge is 0.495 e. The number of ether oxygens (including phenoxy) is 1. The monoisotopic (exact) mass is 520 g/mol. The van der Waals surface area contributed by atoms with Gasteiger partial charge in [-0.05, 0) is 61.5 Å². The van der Waals surface area contributed by atoms with Crippen LogP contribution in [0.2, 0.25) is 5.02 Å². The van der Waals surface area contributed by atoms with Crippen LogP contribution in [0.4, 0.5) is 11.4 Å². The summed E-state index contributed by atoms with van der Waals surface area (Å²) in [6.07, 6.45) is 0.661. The van der Waals surface area contributed by atoms with Gasteiger partial charge in [0.1, 0.15) is 5.75 Å². The molecular weight excluding hydrogens is 492 g/mol. The van der Waals surface area contributed by atoms with E-state index in [1.165, 1.54) is 37.4 Å². The fraction of sp³-hybridized carbons (Fsp3) is 0.200. The summed E-state index contributed by atoms with van der Waals surface area (Å²) in [6.45, 7) is 5.84. The van der Waals surface area contributed by atoms with Crippen molar-refractivity contribution in [3.05, 3.63) is 82.4 Å². The van der Waals surface area contributed by atoms with Gasteiger partial charge in [0.2, 0.25) is 0 Å². The van der Waals surface area contributed by atoms with Crippen LogP contribution < -0.4 is 14.8 Å². The third kappa shape index (κ3) is 8.10. The third-order valence-electron chi connectivity index (χ3n) is 4.41. The number of methoxy groups -OCH3 is 1. The van der Waals surface area contributed by atoms with Crippen LogP contribution in [-0.2, 0) is 10.0 Å². The highest BCUT2D eigenvalue weighted by atomic mass is 35.5. The number of benzene rings is 3. The molecule has 188 valence electrons. The average molecular weight is 521 g/mol. The molecule has 0 radical (unpaired) electrons. The number of aryl methyl sites for hydroxylation is 1. The molecule has 0 aromatic heterocycles. The van der Waals surface area contributed by atoms with Crippen LogP contribution in [0.1, 0.15) is 40.1 Å². The Kier molecular flexibility index (Phi) is 11.9. The first-order valence-electron chi connectivity index (χ1n) is 10.5. The number of sulfonamides is 1. The second-order valence-electron chi connectivity index (χ2n) is 6.64. The van der Waals surface area contributed by atoms with Crippen molar-refractivity contribution in [3.63, 3.8) is 0 Å². The molecule has 0 fully saturated rings. The number of hydrogen-bond acceptors (Lipinski definition) is 6. The molecule has 0 heterocycles. The minimum absolute atomic E-state index is 0.0463. The van der Waals surface area contributed by atoms with Crippen molar-refractivity contribution in [1.82, 2.24) is 0 Å². The summed E-state index contributed by atoms with van der Waals surface area (Å²) in [5.41, 5.74) is 2.04. The number of carbonyl (C=O) groups excluding carboxylic acids is 2. The summed E-state index contributed by atoms with van der Waals surface area (Å²) in [5.74, 6) is -0.159. The molecule has 3 aromatic carbocycles. The molecule has 0 unspecified atom stereocenters. The van der Waals surface area contributed by atoms with E-state index in [2.05, 4.69) is 10.0 Å². The number of aliphatic hydroxyl groups excluding tert-OH is 1. The van der Waals surface area contributed by atoms with Gasteiger partial charge >= 0.3 is 0 Å². The van der Waals surface area contributed by atoms with Gasteiger partial charge < -0.3 is 15.2 Å². The normalized spacial score (nSPS) is 10.0. The Morgan fingerprint density at radius 3 is 2.17 bits per heavy atom. The van der Waals surface area contributed by atoms with E-state index < -0.39 is 15.9 Å². The summed E-state index contributed by atoms with van der Waals surface area (Å²) < 4.78 is 33.0. The number of amides is 1. The van der Waals surface area contributed by atoms with Crippen molar-refractivity contribution in [2.24, 2.45) is 0 Å². The summed E-state index contributed by atoms with van der Waals surface area (Å²) in [6, 6.07) is 15.0. The molecule has 0 aliphatic carbocycles. The van der Waals surface area contributed by atoms with Crippen LogP contribution in [-0.4, -0.2) is 39.9 Å². The number of carbonyl (C=O) groups is 2. The lowest BCUT2D eigenvalue weighted by atomic mass is 10.1. The molecule has 0 aliphatic rings. The van der Waals surface area contributed by atoms with E-state index >= 15 is 0 Å². The SMILES string of the molecule is CC.CO.COc1ccc(Cl)cc1NS(=O)(=O)c1ccc(C(=O)Nc2ccc(C)cc2C=O)cc1. The van der Waals surface area contributed by atoms with Gasteiger partial charge in [0.15, 0.2) is 6.29 Å². The maximum Gasteiger partial charge on any atom is 0.262 e. The Balaban J connectivity index is 0.00000145. The molecule has 1 amide bonds. The second-order valence-corrected chi connectivity index (χ2v) is 8.76. The molecule has 3 rings (SSSR count). The van der Waals surface area contributed by atoms with Crippen LogP contribution in [0.5, 0.6) is 5.75 Å². The van der Waals surface area contributed by atoms with Crippen molar-refractivity contribution in [3.8, 4) is 5.75 Å². The molecule has 0 atom stereocenters. The maximum absolute atomic E-state index is 12.7. The van der Waals surface area contributed by atoms with Gasteiger partial charge in [-0.3, -0.25) is 14.3 Å². The molecule has 35 heavy (non-hydrogen) atoms. The Morgan fingerprint density at radius 2 is 1.60 bits per heavy atom. The lowest BCUT2D eigenvalue weighted by molar-refractivity contribution is 0.102. The number of halogens is 1. The van der Waals surface area contributed by atoms with Crippen LogP contribution in [0.3, 0.4) is 0 Å². The van der Waals surface area contributed by atoms with Gasteiger partial charge in [-0.1, -0.05) is 37.1 Å². The first-order chi connectivity index (χ1) is 16.7. The highest BCUT2D eigenvalue weighted by molar-refractivity contribution is 7.92. The Labute approximate surface area is 211 Å². The second kappa shape index (κ2) is 14.1. The van der Waals surface area contributed by atoms with E-state index in [0.717, 1.165) is 12.7 Å². The molecule has 8 nitrogen and oxygen atoms in total. The highest BCUT2D eigenvalue weighted by Crippen LogP contribution is 2.30. The quantitative estimate of drug-likeness (QED) is 0.370. The summed E-state index contributed by atoms with van der Waals surface area (Å²) in [5, 5.41) is 10.0. The average Bonchev–Trinajstić information content (AvgIpc) is 2.87. The Hall–Kier alpha value is -3.40. The van der Waals surface area contributed by atoms with E-state index in [1.54, 1.807) is 30.3 Å². The van der Waals surface area contributed by atoms with Crippen molar-refractivity contribution < 1.29 is 27.9 Å². The smallest absolute Gasteiger partial charge is 0.262 e. The lowest BCUT2D eigenvalue weighted by Gasteiger charge is -2.13. The minimum atomic E-state index is -3.95. The molecule has 10 heteroatoms. The number of hydrogen-bond donors (Lipinski definition) is 3. The first-order valence-corrected chi connectivity index (χ1v) is 12.4. The van der Waals surface area contributed by atoms with Crippen LogP contribution in [0, 0.1) is 6.92 Å². The van der Waals surface area contributed by atoms with Gasteiger partial charge in [0.25, 0.3) is 15.9 Å². The zero-order chi connectivity index (χ0) is 26.6. The van der Waals surface area contributed by atoms with E-state index in [4.69, 9.17) is 21.4 Å². The number of nitrogens with one attached hydrogen (secondary N) is 2. The van der Waals surface area contributed by atoms with Gasteiger partial charge in [-0.25, -0.2) is 8.42 Å². The molecule has 0 saturated heterocycles. The molecule has 0 aliphatic heterocycles. The predicted molar refractivity (Wildman–Crippen MR) is 139 cm³/mol. The fourth-order valence-electron chi connectivity index (χ4n) is 2.84. The van der Waals surface area contributed by atoms with E-state index in [9.17, 15) is 18.0 Å². The molecule has 0 spiro atoms. The number of aldehydes is 1. The highest BCUT2D eigenvalue weighted by Gasteiger charge is 2.18. The predicted octanol–water partition coefficient (Wildman–Crippen LogP) is 5.16. The van der Waals surface area contributed by atoms with Gasteiger partial charge in [-0.15, -0.1) is 0 Å². The fourth-order valence-corrected chi connectivity index (χ4v) is 4.07. The van der Waals surface area contributed by atoms with Crippen molar-refractivity contribution in [2.45, 2.75) is 25.7 Å². The maximum atomic E-state index is 12.7.